The maximum absolute atomic E-state index is 14.5. The first kappa shape index (κ1) is 44.4. The number of phenols is 1. The van der Waals surface area contributed by atoms with Crippen LogP contribution >= 0.6 is 0 Å². The summed E-state index contributed by atoms with van der Waals surface area (Å²) in [4.78, 5) is 31.0. The number of fused-ring (bicyclic) bond motifs is 3. The number of aliphatic hydroxyl groups is 3. The van der Waals surface area contributed by atoms with Crippen LogP contribution in [0.15, 0.2) is 72.9 Å². The second-order valence-corrected chi connectivity index (χ2v) is 20.1. The number of rotatable bonds is 11. The lowest BCUT2D eigenvalue weighted by atomic mass is 9.58. The highest BCUT2D eigenvalue weighted by Gasteiger charge is 2.51. The van der Waals surface area contributed by atoms with Crippen LogP contribution in [0.3, 0.4) is 0 Å². The molecule has 338 valence electrons. The smallest absolute Gasteiger partial charge is 0.160 e. The van der Waals surface area contributed by atoms with Gasteiger partial charge in [-0.1, -0.05) is 67.1 Å². The number of ether oxygens (including phenoxy) is 1. The number of anilines is 1. The Morgan fingerprint density at radius 2 is 1.72 bits per heavy atom. The fourth-order valence-corrected chi connectivity index (χ4v) is 12.8. The van der Waals surface area contributed by atoms with Crippen LogP contribution in [0.25, 0.3) is 10.8 Å². The van der Waals surface area contributed by atoms with Crippen molar-refractivity contribution in [3.63, 3.8) is 0 Å². The Balaban J connectivity index is 0.968. The molecule has 4 aromatic rings. The number of hydrogen-bond acceptors (Lipinski definition) is 10. The Morgan fingerprint density at radius 1 is 0.922 bits per heavy atom. The molecule has 0 bridgehead atoms. The van der Waals surface area contributed by atoms with E-state index in [2.05, 4.69) is 46.4 Å². The molecule has 4 aliphatic carbocycles. The lowest BCUT2D eigenvalue weighted by Crippen LogP contribution is -2.53. The summed E-state index contributed by atoms with van der Waals surface area (Å²) in [6.45, 7) is 0.947. The van der Waals surface area contributed by atoms with E-state index >= 15 is 0 Å². The number of Topliss-reactive ketones (excluding diaryl/α,β-unsaturated/α-hetero) is 2. The van der Waals surface area contributed by atoms with Gasteiger partial charge in [0.2, 0.25) is 0 Å². The van der Waals surface area contributed by atoms with Crippen molar-refractivity contribution < 1.29 is 34.8 Å². The molecule has 3 saturated carbocycles. The molecular formula is C54H65N3O7. The molecule has 1 saturated heterocycles. The molecule has 10 heteroatoms. The van der Waals surface area contributed by atoms with E-state index in [1.165, 1.54) is 39.2 Å². The summed E-state index contributed by atoms with van der Waals surface area (Å²) in [6, 6.07) is 21.7. The first-order valence-corrected chi connectivity index (χ1v) is 23.9. The third-order valence-corrected chi connectivity index (χ3v) is 16.4. The minimum absolute atomic E-state index is 0.0345. The summed E-state index contributed by atoms with van der Waals surface area (Å²) in [6.07, 6.45) is 10.2. The van der Waals surface area contributed by atoms with Crippen LogP contribution in [-0.2, 0) is 16.0 Å². The number of carbonyl (C=O) groups excluding carboxylic acids is 2. The molecule has 10 nitrogen and oxygen atoms in total. The number of benzene rings is 3. The van der Waals surface area contributed by atoms with Crippen molar-refractivity contribution in [3.8, 4) is 23.3 Å². The second-order valence-electron chi connectivity index (χ2n) is 20.1. The van der Waals surface area contributed by atoms with Crippen LogP contribution in [0, 0.1) is 40.4 Å². The fraction of sp³-hybridized carbons (Fsp3) is 0.537. The van der Waals surface area contributed by atoms with Gasteiger partial charge in [-0.15, -0.1) is 0 Å². The first-order valence-electron chi connectivity index (χ1n) is 23.9. The van der Waals surface area contributed by atoms with Crippen molar-refractivity contribution in [3.05, 3.63) is 95.2 Å². The van der Waals surface area contributed by atoms with Crippen LogP contribution in [0.4, 0.5) is 5.82 Å². The van der Waals surface area contributed by atoms with Gasteiger partial charge in [0.05, 0.1) is 25.4 Å². The molecule has 7 N–H and O–H groups in total. The first-order chi connectivity index (χ1) is 30.9. The quantitative estimate of drug-likeness (QED) is 0.0813. The van der Waals surface area contributed by atoms with Crippen molar-refractivity contribution in [2.75, 3.05) is 19.4 Å². The average Bonchev–Trinajstić information content (AvgIpc) is 3.79. The number of methoxy groups -OCH3 is 1. The number of piperidine rings is 1. The molecular weight excluding hydrogens is 803 g/mol. The molecule has 0 radical (unpaired) electrons. The van der Waals surface area contributed by atoms with E-state index in [1.54, 1.807) is 18.3 Å². The fourth-order valence-electron chi connectivity index (χ4n) is 12.8. The number of aromatic nitrogens is 1. The monoisotopic (exact) mass is 867 g/mol. The van der Waals surface area contributed by atoms with E-state index < -0.39 is 29.6 Å². The molecule has 4 fully saturated rings. The third kappa shape index (κ3) is 8.94. The summed E-state index contributed by atoms with van der Waals surface area (Å²) in [5.41, 5.74) is 8.39. The Morgan fingerprint density at radius 3 is 2.50 bits per heavy atom. The van der Waals surface area contributed by atoms with Gasteiger partial charge in [-0.2, -0.15) is 0 Å². The van der Waals surface area contributed by atoms with Crippen molar-refractivity contribution in [1.82, 2.24) is 10.3 Å². The van der Waals surface area contributed by atoms with Crippen LogP contribution in [0.1, 0.15) is 130 Å². The molecule has 2 heterocycles. The number of nitrogens with zero attached hydrogens (tertiary/aromatic N) is 1. The van der Waals surface area contributed by atoms with Gasteiger partial charge in [-0.3, -0.25) is 9.59 Å². The number of ketones is 2. The Labute approximate surface area is 377 Å². The van der Waals surface area contributed by atoms with Gasteiger partial charge >= 0.3 is 0 Å². The molecule has 3 aromatic carbocycles. The highest BCUT2D eigenvalue weighted by atomic mass is 16.5. The Hall–Kier alpha value is -4.79. The Kier molecular flexibility index (Phi) is 12.9. The van der Waals surface area contributed by atoms with Gasteiger partial charge in [-0.25, -0.2) is 4.98 Å². The zero-order valence-corrected chi connectivity index (χ0v) is 37.2. The summed E-state index contributed by atoms with van der Waals surface area (Å²) in [5, 5.41) is 53.2. The van der Waals surface area contributed by atoms with E-state index in [0.29, 0.717) is 67.1 Å². The molecule has 1 spiro atoms. The number of carbonyl (C=O) groups is 2. The number of phenolic OH excluding ortho intramolecular Hbond substituents is 1. The molecule has 1 aliphatic heterocycles. The minimum Gasteiger partial charge on any atom is -0.504 e. The van der Waals surface area contributed by atoms with E-state index in [-0.39, 0.29) is 53.8 Å². The largest absolute Gasteiger partial charge is 0.504 e. The molecule has 1 aromatic heterocycles. The van der Waals surface area contributed by atoms with Crippen LogP contribution in [-0.4, -0.2) is 75.0 Å². The van der Waals surface area contributed by atoms with Gasteiger partial charge in [0.15, 0.2) is 17.3 Å². The number of aromatic hydroxyl groups is 1. The predicted octanol–water partition coefficient (Wildman–Crippen LogP) is 7.91. The molecule has 64 heavy (non-hydrogen) atoms. The zero-order chi connectivity index (χ0) is 44.6. The zero-order valence-electron chi connectivity index (χ0n) is 37.2. The third-order valence-electron chi connectivity index (χ3n) is 16.4. The van der Waals surface area contributed by atoms with E-state index in [9.17, 15) is 30.0 Å². The van der Waals surface area contributed by atoms with Gasteiger partial charge in [0.25, 0.3) is 0 Å². The summed E-state index contributed by atoms with van der Waals surface area (Å²) < 4.78 is 5.50. The molecule has 10 atom stereocenters. The van der Waals surface area contributed by atoms with Crippen molar-refractivity contribution in [2.24, 2.45) is 28.6 Å². The number of pyridine rings is 1. The summed E-state index contributed by atoms with van der Waals surface area (Å²) >= 11 is 0. The molecule has 0 unspecified atom stereocenters. The lowest BCUT2D eigenvalue weighted by molar-refractivity contribution is -0.135. The van der Waals surface area contributed by atoms with Crippen LogP contribution in [0.5, 0.6) is 11.5 Å². The Bertz CT molecular complexity index is 2420. The molecule has 9 rings (SSSR count). The van der Waals surface area contributed by atoms with E-state index in [0.717, 1.165) is 53.3 Å². The van der Waals surface area contributed by atoms with Crippen LogP contribution < -0.4 is 15.8 Å². The minimum atomic E-state index is -1.26. The summed E-state index contributed by atoms with van der Waals surface area (Å²) in [7, 11) is 1.49. The highest BCUT2D eigenvalue weighted by molar-refractivity contribution is 5.89. The number of hydrogen-bond donors (Lipinski definition) is 6. The van der Waals surface area contributed by atoms with Crippen molar-refractivity contribution in [2.45, 2.75) is 139 Å². The normalized spacial score (nSPS) is 29.3. The van der Waals surface area contributed by atoms with Crippen molar-refractivity contribution in [1.29, 1.82) is 0 Å². The number of aryl methyl sites for hydroxylation is 1. The topological polar surface area (TPSA) is 175 Å². The van der Waals surface area contributed by atoms with Gasteiger partial charge in [-0.05, 0) is 158 Å². The standard InChI is InChI=1S/C54H65N3O7/c1-64-49-26-37-11-13-50(62)54(19-14-33(22-51(54)63)31-53(17-4-5-18-53)41-24-40-10-12-42(58)28-45(40)57-32-41)20-15-38(44(37)30-48(49)61)25-46(59)47(60)29-43(39-16-21-56-52(55)27-39)36-9-8-34-6-2-3-7-35(34)23-36/h2-3,6-9,16,21,23,26-27,30,33,38,40-41,43,45-47,51,57,59-61,63H,4-5,10-14,17-19,22,24-25,28-29,31-32H2,1H3,(H2,55,56)/t33-,38+,40+,41+,43-,45+,46-,47+,51+,54-/m0/s1. The number of aliphatic hydroxyl groups excluding tert-OH is 3. The summed E-state index contributed by atoms with van der Waals surface area (Å²) in [5.74, 6) is 8.04. The maximum Gasteiger partial charge on any atom is 0.160 e. The van der Waals surface area contributed by atoms with Crippen LogP contribution in [0.2, 0.25) is 0 Å². The average molecular weight is 868 g/mol. The van der Waals surface area contributed by atoms with E-state index in [1.807, 2.05) is 30.3 Å². The lowest BCUT2D eigenvalue weighted by Gasteiger charge is -2.49. The van der Waals surface area contributed by atoms with Gasteiger partial charge < -0.3 is 36.2 Å². The highest BCUT2D eigenvalue weighted by Crippen LogP contribution is 2.55. The van der Waals surface area contributed by atoms with Gasteiger partial charge in [0, 0.05) is 43.3 Å². The second kappa shape index (κ2) is 18.6. The molecule has 5 aliphatic rings. The van der Waals surface area contributed by atoms with E-state index in [4.69, 9.17) is 10.5 Å². The number of nitrogens with one attached hydrogen (secondary N) is 1. The van der Waals surface area contributed by atoms with Gasteiger partial charge in [0.1, 0.15) is 17.0 Å². The molecule has 0 amide bonds. The van der Waals surface area contributed by atoms with Crippen molar-refractivity contribution >= 4 is 28.2 Å². The number of nitrogens with two attached hydrogens (primary N) is 1. The predicted molar refractivity (Wildman–Crippen MR) is 248 cm³/mol. The number of nitrogen functional groups attached to an aromatic ring is 1. The SMILES string of the molecule is COc1cc2c(cc1O)[C@@H](C[C@H](O)[C@H](O)C[C@H](c1ccnc(N)c1)c1ccc3ccccc3c1)C#C[C@@]1(CC[C@H](CC3([C@H]4CN[C@@H]5CC(=O)CC[C@@H]5C4)CCCC3)C[C@H]1O)C(=O)CC2. The maximum atomic E-state index is 14.5.